The van der Waals surface area contributed by atoms with Gasteiger partial charge in [-0.1, -0.05) is 41.4 Å². The van der Waals surface area contributed by atoms with Crippen molar-refractivity contribution in [3.8, 4) is 5.75 Å². The summed E-state index contributed by atoms with van der Waals surface area (Å²) in [5.41, 5.74) is 3.99. The van der Waals surface area contributed by atoms with Crippen LogP contribution in [0.15, 0.2) is 30.3 Å². The van der Waals surface area contributed by atoms with Crippen molar-refractivity contribution in [2.45, 2.75) is 39.8 Å². The number of carboxylic acids is 1. The van der Waals surface area contributed by atoms with Gasteiger partial charge in [-0.3, -0.25) is 9.69 Å². The maximum atomic E-state index is 11.1. The van der Waals surface area contributed by atoms with Gasteiger partial charge in [0.15, 0.2) is 0 Å². The number of aryl methyl sites for hydroxylation is 2. The Hall–Kier alpha value is -1.75. The van der Waals surface area contributed by atoms with Crippen molar-refractivity contribution in [2.24, 2.45) is 5.92 Å². The molecular formula is C22H25Cl2NO3. The Morgan fingerprint density at radius 1 is 1.14 bits per heavy atom. The van der Waals surface area contributed by atoms with Gasteiger partial charge in [0.2, 0.25) is 0 Å². The highest BCUT2D eigenvalue weighted by atomic mass is 35.5. The maximum absolute atomic E-state index is 11.1. The molecule has 1 aliphatic heterocycles. The van der Waals surface area contributed by atoms with Gasteiger partial charge in [-0.25, -0.2) is 0 Å². The average molecular weight is 422 g/mol. The van der Waals surface area contributed by atoms with Crippen LogP contribution in [0.2, 0.25) is 10.0 Å². The molecule has 0 radical (unpaired) electrons. The van der Waals surface area contributed by atoms with E-state index in [1.807, 2.05) is 26.0 Å². The highest BCUT2D eigenvalue weighted by Crippen LogP contribution is 2.37. The summed E-state index contributed by atoms with van der Waals surface area (Å²) >= 11 is 12.0. The van der Waals surface area contributed by atoms with Crippen molar-refractivity contribution >= 4 is 29.2 Å². The molecule has 6 heteroatoms. The fraction of sp³-hybridized carbons (Fsp3) is 0.409. The topological polar surface area (TPSA) is 49.8 Å². The Kier molecular flexibility index (Phi) is 5.95. The zero-order valence-electron chi connectivity index (χ0n) is 16.6. The molecule has 4 nitrogen and oxygen atoms in total. The number of halogens is 2. The van der Waals surface area contributed by atoms with E-state index in [1.54, 1.807) is 6.07 Å². The minimum Gasteiger partial charge on any atom is -0.488 e. The first-order valence-corrected chi connectivity index (χ1v) is 10.0. The van der Waals surface area contributed by atoms with Gasteiger partial charge in [0.1, 0.15) is 12.4 Å². The summed E-state index contributed by atoms with van der Waals surface area (Å²) in [5, 5.41) is 10.2. The molecule has 1 fully saturated rings. The molecule has 0 spiro atoms. The third kappa shape index (κ3) is 4.14. The molecule has 1 heterocycles. The van der Waals surface area contributed by atoms with Crippen LogP contribution in [0, 0.1) is 19.8 Å². The lowest BCUT2D eigenvalue weighted by Crippen LogP contribution is -2.57. The number of ether oxygens (including phenoxy) is 1. The van der Waals surface area contributed by atoms with Crippen LogP contribution in [0.5, 0.6) is 5.75 Å². The Morgan fingerprint density at radius 2 is 1.75 bits per heavy atom. The maximum Gasteiger partial charge on any atom is 0.309 e. The van der Waals surface area contributed by atoms with Gasteiger partial charge in [0.25, 0.3) is 0 Å². The lowest BCUT2D eigenvalue weighted by molar-refractivity contribution is -0.150. The van der Waals surface area contributed by atoms with Gasteiger partial charge in [0, 0.05) is 18.6 Å². The largest absolute Gasteiger partial charge is 0.488 e. The Labute approximate surface area is 176 Å². The number of benzene rings is 2. The second-order valence-electron chi connectivity index (χ2n) is 7.98. The lowest BCUT2D eigenvalue weighted by atomic mass is 9.84. The van der Waals surface area contributed by atoms with Crippen molar-refractivity contribution in [1.82, 2.24) is 4.90 Å². The summed E-state index contributed by atoms with van der Waals surface area (Å²) in [6, 6.07) is 9.75. The van der Waals surface area contributed by atoms with E-state index in [-0.39, 0.29) is 11.5 Å². The van der Waals surface area contributed by atoms with E-state index in [4.69, 9.17) is 33.0 Å². The van der Waals surface area contributed by atoms with Crippen molar-refractivity contribution in [3.63, 3.8) is 0 Å². The number of hydrogen-bond acceptors (Lipinski definition) is 3. The SMILES string of the molecule is Cc1cc(C(C)(C)N2CC(C(=O)O)C2)cc(C)c1OCc1ccc(Cl)c(Cl)c1. The summed E-state index contributed by atoms with van der Waals surface area (Å²) in [5.74, 6) is -0.126. The fourth-order valence-corrected chi connectivity index (χ4v) is 3.91. The summed E-state index contributed by atoms with van der Waals surface area (Å²) in [6.07, 6.45) is 0. The summed E-state index contributed by atoms with van der Waals surface area (Å²) in [4.78, 5) is 13.3. The average Bonchev–Trinajstić information content (AvgIpc) is 2.55. The first-order valence-electron chi connectivity index (χ1n) is 9.26. The van der Waals surface area contributed by atoms with E-state index in [0.717, 1.165) is 28.0 Å². The van der Waals surface area contributed by atoms with E-state index in [9.17, 15) is 4.79 Å². The normalized spacial score (nSPS) is 15.4. The minimum atomic E-state index is -0.717. The number of carboxylic acid groups (broad SMARTS) is 1. The molecule has 0 aliphatic carbocycles. The summed E-state index contributed by atoms with van der Waals surface area (Å²) < 4.78 is 6.07. The van der Waals surface area contributed by atoms with E-state index in [2.05, 4.69) is 30.9 Å². The number of likely N-dealkylation sites (tertiary alicyclic amines) is 1. The molecule has 0 bridgehead atoms. The molecule has 0 atom stereocenters. The van der Waals surface area contributed by atoms with Crippen LogP contribution in [-0.4, -0.2) is 29.1 Å². The van der Waals surface area contributed by atoms with Crippen LogP contribution in [0.1, 0.15) is 36.1 Å². The van der Waals surface area contributed by atoms with Crippen molar-refractivity contribution in [1.29, 1.82) is 0 Å². The van der Waals surface area contributed by atoms with E-state index < -0.39 is 5.97 Å². The zero-order valence-corrected chi connectivity index (χ0v) is 18.1. The molecule has 2 aromatic rings. The van der Waals surface area contributed by atoms with Gasteiger partial charge < -0.3 is 9.84 Å². The molecule has 1 aliphatic rings. The lowest BCUT2D eigenvalue weighted by Gasteiger charge is -2.48. The van der Waals surface area contributed by atoms with Gasteiger partial charge in [-0.2, -0.15) is 0 Å². The van der Waals surface area contributed by atoms with Gasteiger partial charge >= 0.3 is 5.97 Å². The van der Waals surface area contributed by atoms with E-state index >= 15 is 0 Å². The second-order valence-corrected chi connectivity index (χ2v) is 8.79. The Morgan fingerprint density at radius 3 is 2.29 bits per heavy atom. The van der Waals surface area contributed by atoms with Gasteiger partial charge in [-0.05, 0) is 62.1 Å². The smallest absolute Gasteiger partial charge is 0.309 e. The van der Waals surface area contributed by atoms with Crippen LogP contribution in [0.4, 0.5) is 0 Å². The molecule has 0 saturated carbocycles. The van der Waals surface area contributed by atoms with Crippen molar-refractivity contribution in [3.05, 3.63) is 62.6 Å². The van der Waals surface area contributed by atoms with Gasteiger partial charge in [0.05, 0.1) is 16.0 Å². The third-order valence-corrected chi connectivity index (χ3v) is 6.29. The minimum absolute atomic E-state index is 0.232. The number of hydrogen-bond donors (Lipinski definition) is 1. The quantitative estimate of drug-likeness (QED) is 0.674. The molecule has 150 valence electrons. The molecule has 1 saturated heterocycles. The van der Waals surface area contributed by atoms with Crippen LogP contribution < -0.4 is 4.74 Å². The zero-order chi connectivity index (χ0) is 20.6. The number of nitrogens with zero attached hydrogens (tertiary/aromatic N) is 1. The molecule has 0 unspecified atom stereocenters. The standard InChI is InChI=1S/C22H25Cl2NO3/c1-13-7-17(22(3,4)25-10-16(11-25)21(26)27)8-14(2)20(13)28-12-15-5-6-18(23)19(24)9-15/h5-9,16H,10-12H2,1-4H3,(H,26,27). The first kappa shape index (κ1) is 21.0. The molecule has 0 aromatic heterocycles. The number of carbonyl (C=O) groups is 1. The fourth-order valence-electron chi connectivity index (χ4n) is 3.59. The van der Waals surface area contributed by atoms with Crippen LogP contribution in [0.3, 0.4) is 0 Å². The first-order chi connectivity index (χ1) is 13.1. The number of aliphatic carboxylic acids is 1. The van der Waals surface area contributed by atoms with Crippen molar-refractivity contribution < 1.29 is 14.6 Å². The molecule has 0 amide bonds. The van der Waals surface area contributed by atoms with E-state index in [1.165, 1.54) is 0 Å². The van der Waals surface area contributed by atoms with Crippen LogP contribution >= 0.6 is 23.2 Å². The Bertz CT molecular complexity index is 882. The van der Waals surface area contributed by atoms with Crippen LogP contribution in [-0.2, 0) is 16.9 Å². The van der Waals surface area contributed by atoms with Gasteiger partial charge in [-0.15, -0.1) is 0 Å². The predicted octanol–water partition coefficient (Wildman–Crippen LogP) is 5.44. The second kappa shape index (κ2) is 7.94. The van der Waals surface area contributed by atoms with Crippen LogP contribution in [0.25, 0.3) is 0 Å². The summed E-state index contributed by atoms with van der Waals surface area (Å²) in [7, 11) is 0. The molecular weight excluding hydrogens is 397 g/mol. The monoisotopic (exact) mass is 421 g/mol. The predicted molar refractivity (Wildman–Crippen MR) is 112 cm³/mol. The molecule has 3 rings (SSSR count). The molecule has 28 heavy (non-hydrogen) atoms. The Balaban J connectivity index is 1.75. The number of rotatable bonds is 6. The molecule has 2 aromatic carbocycles. The summed E-state index contributed by atoms with van der Waals surface area (Å²) in [6.45, 7) is 9.91. The highest BCUT2D eigenvalue weighted by molar-refractivity contribution is 6.42. The molecule has 1 N–H and O–H groups in total. The highest BCUT2D eigenvalue weighted by Gasteiger charge is 2.41. The van der Waals surface area contributed by atoms with E-state index in [0.29, 0.717) is 29.7 Å². The van der Waals surface area contributed by atoms with Crippen molar-refractivity contribution in [2.75, 3.05) is 13.1 Å². The third-order valence-electron chi connectivity index (χ3n) is 5.56.